The van der Waals surface area contributed by atoms with Gasteiger partial charge in [0, 0.05) is 18.3 Å². The number of hydrogen-bond acceptors (Lipinski definition) is 7. The standard InChI is InChI=1S/C21H27FN6O2S/c1-4-11-31-21-26-19(25-14(2)3)17-12-24-28(20(17)27-21)10-9-23-18(29)13-30-16-7-5-15(22)6-8-16/h5-8,12,14H,4,9-11,13H2,1-3H3,(H,23,29)(H,25,26,27). The van der Waals surface area contributed by atoms with Crippen molar-refractivity contribution in [3.05, 3.63) is 36.3 Å². The first-order chi connectivity index (χ1) is 15.0. The summed E-state index contributed by atoms with van der Waals surface area (Å²) in [6, 6.07) is 5.76. The Labute approximate surface area is 185 Å². The van der Waals surface area contributed by atoms with Crippen molar-refractivity contribution in [2.24, 2.45) is 0 Å². The number of ether oxygens (including phenoxy) is 1. The maximum atomic E-state index is 12.9. The van der Waals surface area contributed by atoms with E-state index in [2.05, 4.69) is 46.5 Å². The second-order valence-electron chi connectivity index (χ2n) is 7.20. The molecule has 31 heavy (non-hydrogen) atoms. The van der Waals surface area contributed by atoms with Gasteiger partial charge in [0.05, 0.1) is 18.1 Å². The van der Waals surface area contributed by atoms with E-state index in [1.54, 1.807) is 22.6 Å². The molecule has 2 aromatic heterocycles. The number of thioether (sulfide) groups is 1. The van der Waals surface area contributed by atoms with E-state index >= 15 is 0 Å². The van der Waals surface area contributed by atoms with E-state index in [0.717, 1.165) is 29.0 Å². The number of carbonyl (C=O) groups excluding carboxylic acids is 1. The van der Waals surface area contributed by atoms with Gasteiger partial charge in [0.2, 0.25) is 0 Å². The zero-order valence-corrected chi connectivity index (χ0v) is 18.7. The summed E-state index contributed by atoms with van der Waals surface area (Å²) < 4.78 is 20.0. The van der Waals surface area contributed by atoms with Crippen molar-refractivity contribution < 1.29 is 13.9 Å². The average molecular weight is 447 g/mol. The van der Waals surface area contributed by atoms with E-state index in [4.69, 9.17) is 4.74 Å². The molecular formula is C21H27FN6O2S. The second kappa shape index (κ2) is 10.9. The number of amides is 1. The highest BCUT2D eigenvalue weighted by Gasteiger charge is 2.14. The highest BCUT2D eigenvalue weighted by atomic mass is 32.2. The molecule has 0 saturated heterocycles. The molecule has 0 unspecified atom stereocenters. The largest absolute Gasteiger partial charge is 0.484 e. The van der Waals surface area contributed by atoms with Crippen LogP contribution in [0, 0.1) is 5.82 Å². The minimum absolute atomic E-state index is 0.145. The van der Waals surface area contributed by atoms with Crippen molar-refractivity contribution in [2.45, 2.75) is 44.9 Å². The van der Waals surface area contributed by atoms with E-state index in [9.17, 15) is 9.18 Å². The zero-order valence-electron chi connectivity index (χ0n) is 17.9. The number of nitrogens with zero attached hydrogens (tertiary/aromatic N) is 4. The van der Waals surface area contributed by atoms with Crippen LogP contribution < -0.4 is 15.4 Å². The van der Waals surface area contributed by atoms with Gasteiger partial charge in [-0.25, -0.2) is 19.0 Å². The van der Waals surface area contributed by atoms with Crippen molar-refractivity contribution in [3.8, 4) is 5.75 Å². The van der Waals surface area contributed by atoms with Crippen LogP contribution in [0.3, 0.4) is 0 Å². The predicted molar refractivity (Wildman–Crippen MR) is 120 cm³/mol. The second-order valence-corrected chi connectivity index (χ2v) is 8.26. The Kier molecular flexibility index (Phi) is 8.05. The van der Waals surface area contributed by atoms with Crippen LogP contribution in [0.5, 0.6) is 5.75 Å². The molecule has 0 saturated carbocycles. The fraction of sp³-hybridized carbons (Fsp3) is 0.429. The Hall–Kier alpha value is -2.88. The van der Waals surface area contributed by atoms with Gasteiger partial charge in [-0.1, -0.05) is 18.7 Å². The summed E-state index contributed by atoms with van der Waals surface area (Å²) in [5.74, 6) is 1.52. The number of nitrogens with one attached hydrogen (secondary N) is 2. The van der Waals surface area contributed by atoms with Crippen molar-refractivity contribution in [1.29, 1.82) is 0 Å². The first kappa shape index (κ1) is 22.8. The first-order valence-corrected chi connectivity index (χ1v) is 11.2. The van der Waals surface area contributed by atoms with E-state index in [-0.39, 0.29) is 24.4 Å². The summed E-state index contributed by atoms with van der Waals surface area (Å²) in [6.07, 6.45) is 2.78. The van der Waals surface area contributed by atoms with Crippen molar-refractivity contribution in [1.82, 2.24) is 25.1 Å². The third-order valence-corrected chi connectivity index (χ3v) is 5.22. The highest BCUT2D eigenvalue weighted by molar-refractivity contribution is 7.99. The van der Waals surface area contributed by atoms with Crippen molar-refractivity contribution in [3.63, 3.8) is 0 Å². The summed E-state index contributed by atoms with van der Waals surface area (Å²) in [6.45, 7) is 6.92. The number of anilines is 1. The van der Waals surface area contributed by atoms with Gasteiger partial charge in [-0.05, 0) is 44.5 Å². The molecule has 10 heteroatoms. The average Bonchev–Trinajstić information content (AvgIpc) is 3.15. The van der Waals surface area contributed by atoms with Gasteiger partial charge < -0.3 is 15.4 Å². The number of benzene rings is 1. The number of fused-ring (bicyclic) bond motifs is 1. The van der Waals surface area contributed by atoms with Gasteiger partial charge in [-0.15, -0.1) is 0 Å². The maximum absolute atomic E-state index is 12.9. The zero-order chi connectivity index (χ0) is 22.2. The molecule has 166 valence electrons. The third kappa shape index (κ3) is 6.55. The number of hydrogen-bond donors (Lipinski definition) is 2. The molecule has 0 aliphatic carbocycles. The Bertz CT molecular complexity index is 1010. The highest BCUT2D eigenvalue weighted by Crippen LogP contribution is 2.25. The number of halogens is 1. The Morgan fingerprint density at radius 3 is 2.74 bits per heavy atom. The minimum atomic E-state index is -0.352. The lowest BCUT2D eigenvalue weighted by molar-refractivity contribution is -0.123. The van der Waals surface area contributed by atoms with Crippen LogP contribution in [-0.2, 0) is 11.3 Å². The molecule has 2 N–H and O–H groups in total. The Morgan fingerprint density at radius 1 is 1.26 bits per heavy atom. The molecule has 1 amide bonds. The van der Waals surface area contributed by atoms with Crippen LogP contribution in [0.25, 0.3) is 11.0 Å². The molecule has 2 heterocycles. The fourth-order valence-electron chi connectivity index (χ4n) is 2.77. The molecule has 3 aromatic rings. The normalized spacial score (nSPS) is 11.1. The van der Waals surface area contributed by atoms with Crippen LogP contribution in [-0.4, -0.2) is 50.6 Å². The summed E-state index contributed by atoms with van der Waals surface area (Å²) in [4.78, 5) is 21.3. The van der Waals surface area contributed by atoms with E-state index in [1.807, 2.05) is 0 Å². The van der Waals surface area contributed by atoms with E-state index in [0.29, 0.717) is 24.0 Å². The van der Waals surface area contributed by atoms with Gasteiger partial charge in [-0.2, -0.15) is 5.10 Å². The number of rotatable bonds is 11. The van der Waals surface area contributed by atoms with Crippen LogP contribution >= 0.6 is 11.8 Å². The van der Waals surface area contributed by atoms with Crippen molar-refractivity contribution in [2.75, 3.05) is 24.2 Å². The van der Waals surface area contributed by atoms with Gasteiger partial charge >= 0.3 is 0 Å². The monoisotopic (exact) mass is 446 g/mol. The lowest BCUT2D eigenvalue weighted by Crippen LogP contribution is -2.31. The lowest BCUT2D eigenvalue weighted by Gasteiger charge is -2.12. The molecule has 0 fully saturated rings. The molecule has 1 aromatic carbocycles. The van der Waals surface area contributed by atoms with Crippen molar-refractivity contribution >= 4 is 34.5 Å². The van der Waals surface area contributed by atoms with Crippen LogP contribution in [0.4, 0.5) is 10.2 Å². The summed E-state index contributed by atoms with van der Waals surface area (Å²) in [7, 11) is 0. The van der Waals surface area contributed by atoms with Gasteiger partial charge in [0.1, 0.15) is 17.4 Å². The first-order valence-electron chi connectivity index (χ1n) is 10.2. The number of aromatic nitrogens is 4. The summed E-state index contributed by atoms with van der Waals surface area (Å²) in [5.41, 5.74) is 0.730. The smallest absolute Gasteiger partial charge is 0.258 e. The van der Waals surface area contributed by atoms with Crippen LogP contribution in [0.2, 0.25) is 0 Å². The van der Waals surface area contributed by atoms with Gasteiger partial charge in [0.25, 0.3) is 5.91 Å². The molecule has 0 radical (unpaired) electrons. The Morgan fingerprint density at radius 2 is 2.03 bits per heavy atom. The lowest BCUT2D eigenvalue weighted by atomic mass is 10.3. The van der Waals surface area contributed by atoms with Gasteiger partial charge in [0.15, 0.2) is 17.4 Å². The van der Waals surface area contributed by atoms with Gasteiger partial charge in [-0.3, -0.25) is 4.79 Å². The minimum Gasteiger partial charge on any atom is -0.484 e. The summed E-state index contributed by atoms with van der Waals surface area (Å²) >= 11 is 1.61. The van der Waals surface area contributed by atoms with E-state index < -0.39 is 0 Å². The van der Waals surface area contributed by atoms with Crippen LogP contribution in [0.1, 0.15) is 27.2 Å². The maximum Gasteiger partial charge on any atom is 0.258 e. The molecule has 3 rings (SSSR count). The van der Waals surface area contributed by atoms with Crippen LogP contribution in [0.15, 0.2) is 35.6 Å². The topological polar surface area (TPSA) is 94.0 Å². The molecular weight excluding hydrogens is 419 g/mol. The molecule has 0 aliphatic heterocycles. The molecule has 0 aliphatic rings. The quantitative estimate of drug-likeness (QED) is 0.344. The molecule has 0 atom stereocenters. The van der Waals surface area contributed by atoms with E-state index in [1.165, 1.54) is 24.3 Å². The molecule has 0 spiro atoms. The fourth-order valence-corrected chi connectivity index (χ4v) is 3.47. The molecule has 0 bridgehead atoms. The third-order valence-electron chi connectivity index (χ3n) is 4.17. The predicted octanol–water partition coefficient (Wildman–Crippen LogP) is 3.48. The SMILES string of the molecule is CCCSc1nc(NC(C)C)c2cnn(CCNC(=O)COc3ccc(F)cc3)c2n1. The number of carbonyl (C=O) groups is 1. The molecule has 8 nitrogen and oxygen atoms in total. The Balaban J connectivity index is 1.61. The summed E-state index contributed by atoms with van der Waals surface area (Å²) in [5, 5.41) is 12.1.